The fraction of sp³-hybridized carbons (Fsp3) is 0. The molecule has 0 aliphatic carbocycles. The number of carboxylic acids is 1. The first-order chi connectivity index (χ1) is 9.56. The minimum absolute atomic E-state index is 0.624. The Balaban J connectivity index is 2.43. The van der Waals surface area contributed by atoms with E-state index in [4.69, 9.17) is 28.3 Å². The first-order valence-electron chi connectivity index (χ1n) is 5.86. The van der Waals surface area contributed by atoms with Crippen molar-refractivity contribution in [3.63, 3.8) is 0 Å². The average molecular weight is 306 g/mol. The third-order valence-corrected chi connectivity index (χ3v) is 3.56. The van der Waals surface area contributed by atoms with Crippen molar-refractivity contribution in [2.75, 3.05) is 0 Å². The highest BCUT2D eigenvalue weighted by molar-refractivity contribution is 6.33. The molecule has 0 bridgehead atoms. The summed E-state index contributed by atoms with van der Waals surface area (Å²) in [6.07, 6.45) is 2.62. The second kappa shape index (κ2) is 4.85. The van der Waals surface area contributed by atoms with Crippen LogP contribution in [0.1, 0.15) is 0 Å². The number of halogens is 2. The maximum absolute atomic E-state index is 10.7. The van der Waals surface area contributed by atoms with E-state index in [2.05, 4.69) is 0 Å². The zero-order valence-electron chi connectivity index (χ0n) is 10.2. The summed E-state index contributed by atoms with van der Waals surface area (Å²) in [6, 6.07) is 11.0. The van der Waals surface area contributed by atoms with Crippen LogP contribution in [0.3, 0.4) is 0 Å². The predicted molar refractivity (Wildman–Crippen MR) is 82.4 cm³/mol. The van der Waals surface area contributed by atoms with Crippen LogP contribution in [0.5, 0.6) is 0 Å². The van der Waals surface area contributed by atoms with Gasteiger partial charge < -0.3 is 9.67 Å². The topological polar surface area (TPSA) is 42.2 Å². The van der Waals surface area contributed by atoms with E-state index >= 15 is 0 Å². The van der Waals surface area contributed by atoms with Crippen LogP contribution in [-0.2, 0) is 4.79 Å². The highest BCUT2D eigenvalue weighted by Gasteiger charge is 2.10. The van der Waals surface area contributed by atoms with E-state index < -0.39 is 5.97 Å². The standard InChI is InChI=1S/C15H9Cl2NO2/c16-9-1-3-13-11(7-9)12-8-10(17)2-4-14(12)18(13)6-5-15(19)20/h1-8H,(H,19,20). The molecule has 0 saturated heterocycles. The van der Waals surface area contributed by atoms with Crippen LogP contribution in [0.25, 0.3) is 28.0 Å². The molecule has 1 heterocycles. The number of carbonyl (C=O) groups is 1. The predicted octanol–water partition coefficient (Wildman–Crippen LogP) is 4.66. The Morgan fingerprint density at radius 1 is 1.00 bits per heavy atom. The van der Waals surface area contributed by atoms with Crippen LogP contribution in [0.4, 0.5) is 0 Å². The van der Waals surface area contributed by atoms with E-state index in [0.717, 1.165) is 27.9 Å². The summed E-state index contributed by atoms with van der Waals surface area (Å²) >= 11 is 12.1. The van der Waals surface area contributed by atoms with Crippen molar-refractivity contribution in [3.05, 3.63) is 52.5 Å². The zero-order chi connectivity index (χ0) is 14.3. The number of benzene rings is 2. The van der Waals surface area contributed by atoms with Gasteiger partial charge in [-0.05, 0) is 36.4 Å². The van der Waals surface area contributed by atoms with Gasteiger partial charge in [-0.25, -0.2) is 4.79 Å². The van der Waals surface area contributed by atoms with Crippen molar-refractivity contribution in [3.8, 4) is 0 Å². The van der Waals surface area contributed by atoms with E-state index in [1.165, 1.54) is 6.20 Å². The third kappa shape index (κ3) is 2.15. The van der Waals surface area contributed by atoms with Crippen LogP contribution >= 0.6 is 23.2 Å². The van der Waals surface area contributed by atoms with Crippen LogP contribution in [0.2, 0.25) is 10.0 Å². The minimum atomic E-state index is -0.997. The summed E-state index contributed by atoms with van der Waals surface area (Å²) < 4.78 is 1.81. The van der Waals surface area contributed by atoms with Crippen molar-refractivity contribution >= 4 is 57.2 Å². The van der Waals surface area contributed by atoms with Crippen LogP contribution in [0.15, 0.2) is 42.5 Å². The summed E-state index contributed by atoms with van der Waals surface area (Å²) in [7, 11) is 0. The molecule has 1 aromatic heterocycles. The maximum Gasteiger partial charge on any atom is 0.329 e. The first kappa shape index (κ1) is 13.0. The molecule has 3 nitrogen and oxygen atoms in total. The SMILES string of the molecule is O=C(O)C=Cn1c2ccc(Cl)cc2c2cc(Cl)ccc21. The number of fused-ring (bicyclic) bond motifs is 3. The van der Waals surface area contributed by atoms with Gasteiger partial charge in [0.05, 0.1) is 11.0 Å². The molecule has 2 aromatic carbocycles. The Morgan fingerprint density at radius 2 is 1.50 bits per heavy atom. The van der Waals surface area contributed by atoms with Gasteiger partial charge in [-0.2, -0.15) is 0 Å². The molecule has 0 amide bonds. The second-order valence-corrected chi connectivity index (χ2v) is 5.22. The summed E-state index contributed by atoms with van der Waals surface area (Å²) in [5.41, 5.74) is 1.76. The Morgan fingerprint density at radius 3 is 1.95 bits per heavy atom. The molecular formula is C15H9Cl2NO2. The van der Waals surface area contributed by atoms with E-state index in [1.807, 2.05) is 28.8 Å². The van der Waals surface area contributed by atoms with Crippen LogP contribution in [-0.4, -0.2) is 15.6 Å². The van der Waals surface area contributed by atoms with Gasteiger partial charge in [0.1, 0.15) is 0 Å². The highest BCUT2D eigenvalue weighted by Crippen LogP contribution is 2.32. The van der Waals surface area contributed by atoms with E-state index in [1.54, 1.807) is 12.1 Å². The molecular weight excluding hydrogens is 297 g/mol. The fourth-order valence-corrected chi connectivity index (χ4v) is 2.64. The van der Waals surface area contributed by atoms with Gasteiger partial charge in [-0.3, -0.25) is 0 Å². The van der Waals surface area contributed by atoms with Crippen molar-refractivity contribution in [2.45, 2.75) is 0 Å². The lowest BCUT2D eigenvalue weighted by atomic mass is 10.1. The molecule has 0 spiro atoms. The quantitative estimate of drug-likeness (QED) is 0.700. The lowest BCUT2D eigenvalue weighted by Gasteiger charge is -1.99. The normalized spacial score (nSPS) is 11.7. The van der Waals surface area contributed by atoms with Gasteiger partial charge in [-0.15, -0.1) is 0 Å². The number of aromatic nitrogens is 1. The summed E-state index contributed by atoms with van der Waals surface area (Å²) in [6.45, 7) is 0. The molecule has 20 heavy (non-hydrogen) atoms. The molecule has 0 saturated carbocycles. The van der Waals surface area contributed by atoms with Crippen LogP contribution < -0.4 is 0 Å². The molecule has 0 unspecified atom stereocenters. The lowest BCUT2D eigenvalue weighted by molar-refractivity contribution is -0.131. The Kier molecular flexibility index (Phi) is 3.16. The molecule has 0 aliphatic heterocycles. The lowest BCUT2D eigenvalue weighted by Crippen LogP contribution is -1.90. The van der Waals surface area contributed by atoms with E-state index in [0.29, 0.717) is 10.0 Å². The van der Waals surface area contributed by atoms with Gasteiger partial charge in [-0.1, -0.05) is 23.2 Å². The maximum atomic E-state index is 10.7. The summed E-state index contributed by atoms with van der Waals surface area (Å²) in [5, 5.41) is 11.9. The minimum Gasteiger partial charge on any atom is -0.478 e. The van der Waals surface area contributed by atoms with E-state index in [9.17, 15) is 4.79 Å². The zero-order valence-corrected chi connectivity index (χ0v) is 11.7. The largest absolute Gasteiger partial charge is 0.478 e. The van der Waals surface area contributed by atoms with Crippen molar-refractivity contribution in [2.24, 2.45) is 0 Å². The molecule has 100 valence electrons. The molecule has 0 fully saturated rings. The monoisotopic (exact) mass is 305 g/mol. The van der Waals surface area contributed by atoms with Crippen LogP contribution in [0, 0.1) is 0 Å². The second-order valence-electron chi connectivity index (χ2n) is 4.35. The number of rotatable bonds is 2. The number of nitrogens with zero attached hydrogens (tertiary/aromatic N) is 1. The van der Waals surface area contributed by atoms with Crippen molar-refractivity contribution in [1.29, 1.82) is 0 Å². The number of carboxylic acid groups (broad SMARTS) is 1. The molecule has 5 heteroatoms. The Labute approximate surface area is 124 Å². The van der Waals surface area contributed by atoms with E-state index in [-0.39, 0.29) is 0 Å². The summed E-state index contributed by atoms with van der Waals surface area (Å²) in [4.78, 5) is 10.7. The molecule has 1 N–H and O–H groups in total. The summed E-state index contributed by atoms with van der Waals surface area (Å²) in [5.74, 6) is -0.997. The molecule has 0 aliphatic rings. The number of hydrogen-bond acceptors (Lipinski definition) is 1. The van der Waals surface area contributed by atoms with Gasteiger partial charge in [0.2, 0.25) is 0 Å². The number of hydrogen-bond donors (Lipinski definition) is 1. The highest BCUT2D eigenvalue weighted by atomic mass is 35.5. The molecule has 0 radical (unpaired) electrons. The third-order valence-electron chi connectivity index (χ3n) is 3.09. The Hall–Kier alpha value is -1.97. The van der Waals surface area contributed by atoms with Gasteiger partial charge in [0, 0.05) is 33.1 Å². The van der Waals surface area contributed by atoms with Gasteiger partial charge >= 0.3 is 5.97 Å². The fourth-order valence-electron chi connectivity index (χ4n) is 2.30. The smallest absolute Gasteiger partial charge is 0.329 e. The molecule has 3 aromatic rings. The van der Waals surface area contributed by atoms with Gasteiger partial charge in [0.25, 0.3) is 0 Å². The molecule has 0 atom stereocenters. The van der Waals surface area contributed by atoms with Crippen molar-refractivity contribution < 1.29 is 9.90 Å². The Bertz CT molecular complexity index is 806. The first-order valence-corrected chi connectivity index (χ1v) is 6.62. The van der Waals surface area contributed by atoms with Gasteiger partial charge in [0.15, 0.2) is 0 Å². The average Bonchev–Trinajstić information content (AvgIpc) is 2.69. The van der Waals surface area contributed by atoms with Crippen molar-refractivity contribution in [1.82, 2.24) is 4.57 Å². The molecule has 3 rings (SSSR count). The number of aliphatic carboxylic acids is 1.